The molecule has 1 atom stereocenters. The zero-order chi connectivity index (χ0) is 14.7. The highest BCUT2D eigenvalue weighted by Gasteiger charge is 2.14. The van der Waals surface area contributed by atoms with Crippen LogP contribution in [0.5, 0.6) is 0 Å². The van der Waals surface area contributed by atoms with E-state index in [0.29, 0.717) is 5.95 Å². The number of nitrogens with zero attached hydrogens (tertiary/aromatic N) is 2. The van der Waals surface area contributed by atoms with E-state index in [0.717, 1.165) is 23.1 Å². The van der Waals surface area contributed by atoms with Gasteiger partial charge in [0.25, 0.3) is 0 Å². The van der Waals surface area contributed by atoms with Crippen LogP contribution in [0.25, 0.3) is 10.9 Å². The lowest BCUT2D eigenvalue weighted by Crippen LogP contribution is -2.11. The minimum atomic E-state index is 0.271. The van der Waals surface area contributed by atoms with E-state index in [2.05, 4.69) is 51.1 Å². The zero-order valence-corrected chi connectivity index (χ0v) is 12.9. The topological polar surface area (TPSA) is 49.8 Å². The van der Waals surface area contributed by atoms with E-state index >= 15 is 0 Å². The van der Waals surface area contributed by atoms with Crippen LogP contribution in [0.2, 0.25) is 0 Å². The molecule has 0 aliphatic carbocycles. The molecule has 0 aliphatic rings. The third kappa shape index (κ3) is 2.83. The first-order valence-corrected chi connectivity index (χ1v) is 7.94. The van der Waals surface area contributed by atoms with Crippen LogP contribution < -0.4 is 10.6 Å². The molecular weight excluding hydrogens is 280 g/mol. The second kappa shape index (κ2) is 6.10. The van der Waals surface area contributed by atoms with Crippen LogP contribution in [-0.2, 0) is 0 Å². The minimum Gasteiger partial charge on any atom is -0.362 e. The Morgan fingerprint density at radius 3 is 2.71 bits per heavy atom. The second-order valence-electron chi connectivity index (χ2n) is 4.78. The van der Waals surface area contributed by atoms with Crippen molar-refractivity contribution in [3.8, 4) is 0 Å². The highest BCUT2D eigenvalue weighted by Crippen LogP contribution is 2.29. The molecule has 21 heavy (non-hydrogen) atoms. The molecule has 2 aromatic heterocycles. The molecule has 2 heterocycles. The van der Waals surface area contributed by atoms with E-state index in [1.165, 1.54) is 4.88 Å². The molecule has 0 saturated carbocycles. The number of rotatable bonds is 5. The smallest absolute Gasteiger partial charge is 0.224 e. The van der Waals surface area contributed by atoms with Crippen LogP contribution in [0, 0.1) is 0 Å². The molecule has 1 unspecified atom stereocenters. The summed E-state index contributed by atoms with van der Waals surface area (Å²) in [5.41, 5.74) is 0.945. The van der Waals surface area contributed by atoms with Crippen molar-refractivity contribution in [1.29, 1.82) is 0 Å². The van der Waals surface area contributed by atoms with E-state index in [1.54, 1.807) is 11.3 Å². The van der Waals surface area contributed by atoms with Crippen LogP contribution in [-0.4, -0.2) is 17.0 Å². The van der Waals surface area contributed by atoms with Crippen molar-refractivity contribution in [2.75, 3.05) is 17.7 Å². The molecule has 0 spiro atoms. The lowest BCUT2D eigenvalue weighted by atomic mass is 10.1. The van der Waals surface area contributed by atoms with Crippen LogP contribution in [0.1, 0.15) is 24.3 Å². The number of hydrogen-bond donors (Lipinski definition) is 2. The molecule has 0 bridgehead atoms. The van der Waals surface area contributed by atoms with Gasteiger partial charge in [0.2, 0.25) is 5.95 Å². The molecule has 5 heteroatoms. The fraction of sp³-hybridized carbons (Fsp3) is 0.250. The highest BCUT2D eigenvalue weighted by atomic mass is 32.1. The van der Waals surface area contributed by atoms with Gasteiger partial charge in [0, 0.05) is 17.3 Å². The summed E-state index contributed by atoms with van der Waals surface area (Å²) in [6, 6.07) is 12.6. The molecule has 108 valence electrons. The van der Waals surface area contributed by atoms with Gasteiger partial charge in [-0.1, -0.05) is 25.1 Å². The number of thiophene rings is 1. The van der Waals surface area contributed by atoms with Gasteiger partial charge in [0.05, 0.1) is 11.6 Å². The summed E-state index contributed by atoms with van der Waals surface area (Å²) in [4.78, 5) is 10.4. The van der Waals surface area contributed by atoms with Crippen molar-refractivity contribution in [1.82, 2.24) is 9.97 Å². The predicted octanol–water partition coefficient (Wildman–Crippen LogP) is 4.30. The third-order valence-electron chi connectivity index (χ3n) is 3.43. The van der Waals surface area contributed by atoms with Crippen LogP contribution in [0.15, 0.2) is 41.8 Å². The van der Waals surface area contributed by atoms with E-state index < -0.39 is 0 Å². The van der Waals surface area contributed by atoms with Gasteiger partial charge in [0.1, 0.15) is 5.82 Å². The molecule has 0 saturated heterocycles. The first kappa shape index (κ1) is 13.8. The van der Waals surface area contributed by atoms with Gasteiger partial charge in [-0.25, -0.2) is 4.98 Å². The SMILES string of the molecule is CCC(Nc1nc(NC)nc2ccccc12)c1cccs1. The Bertz CT molecular complexity index is 724. The van der Waals surface area contributed by atoms with Crippen LogP contribution >= 0.6 is 11.3 Å². The Morgan fingerprint density at radius 1 is 1.14 bits per heavy atom. The van der Waals surface area contributed by atoms with Crippen molar-refractivity contribution in [3.05, 3.63) is 46.7 Å². The van der Waals surface area contributed by atoms with Gasteiger partial charge in [-0.15, -0.1) is 11.3 Å². The maximum absolute atomic E-state index is 4.59. The predicted molar refractivity (Wildman–Crippen MR) is 90.1 cm³/mol. The zero-order valence-electron chi connectivity index (χ0n) is 12.1. The van der Waals surface area contributed by atoms with E-state index in [-0.39, 0.29) is 6.04 Å². The maximum atomic E-state index is 4.59. The molecule has 4 nitrogen and oxygen atoms in total. The first-order chi connectivity index (χ1) is 10.3. The number of aromatic nitrogens is 2. The fourth-order valence-electron chi connectivity index (χ4n) is 2.33. The van der Waals surface area contributed by atoms with Crippen molar-refractivity contribution < 1.29 is 0 Å². The van der Waals surface area contributed by atoms with Crippen LogP contribution in [0.4, 0.5) is 11.8 Å². The number of para-hydroxylation sites is 1. The maximum Gasteiger partial charge on any atom is 0.224 e. The lowest BCUT2D eigenvalue weighted by Gasteiger charge is -2.18. The van der Waals surface area contributed by atoms with E-state index in [4.69, 9.17) is 0 Å². The Hall–Kier alpha value is -2.14. The molecule has 3 rings (SSSR count). The number of anilines is 2. The Labute approximate surface area is 128 Å². The van der Waals surface area contributed by atoms with Crippen molar-refractivity contribution in [3.63, 3.8) is 0 Å². The molecule has 0 fully saturated rings. The summed E-state index contributed by atoms with van der Waals surface area (Å²) in [6.07, 6.45) is 1.01. The quantitative estimate of drug-likeness (QED) is 0.737. The van der Waals surface area contributed by atoms with Crippen molar-refractivity contribution >= 4 is 34.0 Å². The Morgan fingerprint density at radius 2 is 2.00 bits per heavy atom. The summed E-state index contributed by atoms with van der Waals surface area (Å²) < 4.78 is 0. The second-order valence-corrected chi connectivity index (χ2v) is 5.76. The van der Waals surface area contributed by atoms with Gasteiger partial charge in [-0.3, -0.25) is 0 Å². The molecule has 3 aromatic rings. The standard InChI is InChI=1S/C16H18N4S/c1-3-12(14-9-6-10-21-14)18-15-11-7-4-5-8-13(11)19-16(17-2)20-15/h4-10,12H,3H2,1-2H3,(H2,17,18,19,20). The van der Waals surface area contributed by atoms with E-state index in [9.17, 15) is 0 Å². The molecule has 0 aliphatic heterocycles. The number of hydrogen-bond acceptors (Lipinski definition) is 5. The molecule has 0 amide bonds. The van der Waals surface area contributed by atoms with Gasteiger partial charge >= 0.3 is 0 Å². The van der Waals surface area contributed by atoms with Gasteiger partial charge < -0.3 is 10.6 Å². The van der Waals surface area contributed by atoms with Crippen molar-refractivity contribution in [2.45, 2.75) is 19.4 Å². The summed E-state index contributed by atoms with van der Waals surface area (Å²) in [5, 5.41) is 9.75. The van der Waals surface area contributed by atoms with Crippen molar-refractivity contribution in [2.24, 2.45) is 0 Å². The fourth-order valence-corrected chi connectivity index (χ4v) is 3.19. The summed E-state index contributed by atoms with van der Waals surface area (Å²) >= 11 is 1.77. The lowest BCUT2D eigenvalue weighted by molar-refractivity contribution is 0.760. The monoisotopic (exact) mass is 298 g/mol. The number of fused-ring (bicyclic) bond motifs is 1. The van der Waals surface area contributed by atoms with Crippen LogP contribution in [0.3, 0.4) is 0 Å². The molecule has 1 aromatic carbocycles. The van der Waals surface area contributed by atoms with E-state index in [1.807, 2.05) is 25.2 Å². The van der Waals surface area contributed by atoms with Gasteiger partial charge in [0.15, 0.2) is 0 Å². The first-order valence-electron chi connectivity index (χ1n) is 7.06. The minimum absolute atomic E-state index is 0.271. The average Bonchev–Trinajstić information content (AvgIpc) is 3.06. The molecule has 0 radical (unpaired) electrons. The largest absolute Gasteiger partial charge is 0.362 e. The summed E-state index contributed by atoms with van der Waals surface area (Å²) in [5.74, 6) is 1.52. The number of benzene rings is 1. The molecule has 2 N–H and O–H groups in total. The average molecular weight is 298 g/mol. The van der Waals surface area contributed by atoms with Gasteiger partial charge in [-0.05, 0) is 30.0 Å². The summed E-state index contributed by atoms with van der Waals surface area (Å²) in [6.45, 7) is 2.18. The number of nitrogens with one attached hydrogen (secondary N) is 2. The molecular formula is C16H18N4S. The normalized spacial score (nSPS) is 12.3. The summed E-state index contributed by atoms with van der Waals surface area (Å²) in [7, 11) is 1.84. The highest BCUT2D eigenvalue weighted by molar-refractivity contribution is 7.10. The Kier molecular flexibility index (Phi) is 4.01. The third-order valence-corrected chi connectivity index (χ3v) is 4.42. The Balaban J connectivity index is 2.02. The van der Waals surface area contributed by atoms with Gasteiger partial charge in [-0.2, -0.15) is 4.98 Å².